The molecule has 0 aliphatic heterocycles. The fourth-order valence-corrected chi connectivity index (χ4v) is 13.9. The van der Waals surface area contributed by atoms with Gasteiger partial charge in [0, 0.05) is 25.7 Å². The van der Waals surface area contributed by atoms with Gasteiger partial charge in [0.25, 0.3) is 0 Å². The van der Waals surface area contributed by atoms with Crippen LogP contribution in [0.4, 0.5) is 0 Å². The number of phosphoric ester groups is 2. The summed E-state index contributed by atoms with van der Waals surface area (Å²) >= 11 is 0. The van der Waals surface area contributed by atoms with Gasteiger partial charge in [0.2, 0.25) is 0 Å². The van der Waals surface area contributed by atoms with Crippen molar-refractivity contribution >= 4 is 39.5 Å². The van der Waals surface area contributed by atoms with Gasteiger partial charge >= 0.3 is 39.5 Å². The number of unbranched alkanes of at least 4 members (excludes halogenated alkanes) is 42. The third-order valence-electron chi connectivity index (χ3n) is 19.5. The van der Waals surface area contributed by atoms with Crippen LogP contribution >= 0.6 is 15.6 Å². The molecule has 0 aromatic carbocycles. The van der Waals surface area contributed by atoms with E-state index in [0.29, 0.717) is 25.7 Å². The maximum absolute atomic E-state index is 13.1. The zero-order valence-electron chi connectivity index (χ0n) is 65.8. The van der Waals surface area contributed by atoms with Crippen LogP contribution in [-0.4, -0.2) is 96.7 Å². The predicted octanol–water partition coefficient (Wildman–Crippen LogP) is 24.0. The number of hydrogen-bond acceptors (Lipinski definition) is 15. The van der Waals surface area contributed by atoms with Crippen molar-refractivity contribution in [2.45, 2.75) is 433 Å². The molecule has 0 radical (unpaired) electrons. The van der Waals surface area contributed by atoms with Crippen molar-refractivity contribution in [2.24, 2.45) is 23.7 Å². The summed E-state index contributed by atoms with van der Waals surface area (Å²) in [5.41, 5.74) is 0. The van der Waals surface area contributed by atoms with Crippen molar-refractivity contribution in [3.63, 3.8) is 0 Å². The summed E-state index contributed by atoms with van der Waals surface area (Å²) in [4.78, 5) is 73.0. The molecule has 0 rings (SSSR count). The van der Waals surface area contributed by atoms with Gasteiger partial charge < -0.3 is 33.8 Å². The SMILES string of the molecule is CCC(C)CCCCCCCCCCCCCCCCC(=O)O[C@H](COC(=O)CCCCCCCCCCCCCCCC(C)C)COP(=O)(O)OC[C@@H](O)COP(=O)(O)OC[C@@H](COC(=O)CCCCCCCCC(C)CC)OC(=O)CCCCCCCCCCCCCCCC(C)C. The van der Waals surface area contributed by atoms with Crippen LogP contribution in [0.5, 0.6) is 0 Å². The summed E-state index contributed by atoms with van der Waals surface area (Å²) in [6.07, 6.45) is 56.8. The number of hydrogen-bond donors (Lipinski definition) is 3. The Morgan fingerprint density at radius 3 is 0.710 bits per heavy atom. The van der Waals surface area contributed by atoms with Gasteiger partial charge in [0.15, 0.2) is 12.2 Å². The Balaban J connectivity index is 5.26. The van der Waals surface area contributed by atoms with Gasteiger partial charge in [-0.15, -0.1) is 0 Å². The minimum atomic E-state index is -4.96. The summed E-state index contributed by atoms with van der Waals surface area (Å²) in [6, 6.07) is 0. The van der Waals surface area contributed by atoms with E-state index in [9.17, 15) is 43.2 Å². The second-order valence-corrected chi connectivity index (χ2v) is 33.5. The van der Waals surface area contributed by atoms with Crippen molar-refractivity contribution in [2.75, 3.05) is 39.6 Å². The lowest BCUT2D eigenvalue weighted by molar-refractivity contribution is -0.161. The highest BCUT2D eigenvalue weighted by Crippen LogP contribution is 2.45. The standard InChI is InChI=1S/C81H158O17P2/c1-9-73(7)59-51-43-35-29-23-17-11-12-18-25-31-37-47-55-63-80(85)97-76(67-91-78(83)61-53-45-36-30-24-19-13-15-21-27-33-41-49-57-71(3)4)69-95-99(87,88)93-65-75(82)66-94-100(89,90)96-70-77(68-92-79(84)62-54-46-40-39-44-52-60-74(8)10-2)98-81(86)64-56-48-38-32-26-20-14-16-22-28-34-42-50-58-72(5)6/h71-77,82H,9-70H2,1-8H3,(H,87,88)(H,89,90)/t73?,74?,75-,76-,77-/m1/s1. The number of aliphatic hydroxyl groups excluding tert-OH is 1. The minimum absolute atomic E-state index is 0.106. The highest BCUT2D eigenvalue weighted by atomic mass is 31.2. The Morgan fingerprint density at radius 1 is 0.280 bits per heavy atom. The van der Waals surface area contributed by atoms with Crippen LogP contribution in [0.3, 0.4) is 0 Å². The Labute approximate surface area is 613 Å². The second-order valence-electron chi connectivity index (χ2n) is 30.6. The Morgan fingerprint density at radius 2 is 0.480 bits per heavy atom. The van der Waals surface area contributed by atoms with E-state index in [1.54, 1.807) is 0 Å². The molecule has 0 amide bonds. The van der Waals surface area contributed by atoms with Crippen LogP contribution in [0, 0.1) is 23.7 Å². The van der Waals surface area contributed by atoms with Gasteiger partial charge in [0.05, 0.1) is 26.4 Å². The minimum Gasteiger partial charge on any atom is -0.462 e. The largest absolute Gasteiger partial charge is 0.472 e. The van der Waals surface area contributed by atoms with Crippen LogP contribution < -0.4 is 0 Å². The number of carbonyl (C=O) groups is 4. The highest BCUT2D eigenvalue weighted by molar-refractivity contribution is 7.47. The van der Waals surface area contributed by atoms with Crippen LogP contribution in [0.2, 0.25) is 0 Å². The lowest BCUT2D eigenvalue weighted by Crippen LogP contribution is -2.30. The monoisotopic (exact) mass is 1470 g/mol. The van der Waals surface area contributed by atoms with Crippen molar-refractivity contribution in [3.05, 3.63) is 0 Å². The fourth-order valence-electron chi connectivity index (χ4n) is 12.4. The molecule has 100 heavy (non-hydrogen) atoms. The first kappa shape index (κ1) is 98.1. The summed E-state index contributed by atoms with van der Waals surface area (Å²) < 4.78 is 68.7. The molecule has 17 nitrogen and oxygen atoms in total. The summed E-state index contributed by atoms with van der Waals surface area (Å²) in [5.74, 6) is 1.04. The summed E-state index contributed by atoms with van der Waals surface area (Å²) in [6.45, 7) is 14.3. The third kappa shape index (κ3) is 71.7. The van der Waals surface area contributed by atoms with Gasteiger partial charge in [-0.25, -0.2) is 9.13 Å². The van der Waals surface area contributed by atoms with Gasteiger partial charge in [0.1, 0.15) is 19.3 Å². The molecule has 0 heterocycles. The molecule has 0 aliphatic rings. The van der Waals surface area contributed by atoms with Gasteiger partial charge in [-0.2, -0.15) is 0 Å². The van der Waals surface area contributed by atoms with Crippen molar-refractivity contribution in [1.29, 1.82) is 0 Å². The summed E-state index contributed by atoms with van der Waals surface area (Å²) in [7, 11) is -9.92. The molecule has 4 unspecified atom stereocenters. The van der Waals surface area contributed by atoms with E-state index >= 15 is 0 Å². The van der Waals surface area contributed by atoms with Gasteiger partial charge in [-0.1, -0.05) is 364 Å². The van der Waals surface area contributed by atoms with E-state index in [-0.39, 0.29) is 25.7 Å². The average Bonchev–Trinajstić information content (AvgIpc) is 0.961. The molecule has 7 atom stereocenters. The number of esters is 4. The van der Waals surface area contributed by atoms with Crippen LogP contribution in [-0.2, 0) is 65.4 Å². The first-order valence-corrected chi connectivity index (χ1v) is 44.8. The van der Waals surface area contributed by atoms with Gasteiger partial charge in [-0.05, 0) is 49.4 Å². The second kappa shape index (κ2) is 70.1. The van der Waals surface area contributed by atoms with Crippen molar-refractivity contribution in [3.8, 4) is 0 Å². The maximum Gasteiger partial charge on any atom is 0.472 e. The molecule has 0 aromatic heterocycles. The number of phosphoric acid groups is 2. The number of ether oxygens (including phenoxy) is 4. The van der Waals surface area contributed by atoms with E-state index in [4.69, 9.17) is 37.0 Å². The molecule has 594 valence electrons. The van der Waals surface area contributed by atoms with Crippen LogP contribution in [0.15, 0.2) is 0 Å². The van der Waals surface area contributed by atoms with Crippen molar-refractivity contribution in [1.82, 2.24) is 0 Å². The number of rotatable bonds is 78. The Kier molecular flexibility index (Phi) is 68.7. The molecule has 0 saturated heterocycles. The van der Waals surface area contributed by atoms with E-state index in [1.165, 1.54) is 212 Å². The topological polar surface area (TPSA) is 237 Å². The first-order valence-electron chi connectivity index (χ1n) is 41.8. The van der Waals surface area contributed by atoms with Crippen LogP contribution in [0.1, 0.15) is 415 Å². The Bertz CT molecular complexity index is 1960. The molecule has 0 aliphatic carbocycles. The first-order chi connectivity index (χ1) is 48.2. The Hall–Kier alpha value is -1.94. The fraction of sp³-hybridized carbons (Fsp3) is 0.951. The van der Waals surface area contributed by atoms with Crippen molar-refractivity contribution < 1.29 is 80.2 Å². The van der Waals surface area contributed by atoms with E-state index in [2.05, 4.69) is 55.4 Å². The molecule has 0 fully saturated rings. The van der Waals surface area contributed by atoms with Crippen LogP contribution in [0.25, 0.3) is 0 Å². The molecule has 0 bridgehead atoms. The third-order valence-corrected chi connectivity index (χ3v) is 21.4. The quantitative estimate of drug-likeness (QED) is 0.0222. The zero-order chi connectivity index (χ0) is 73.8. The molecule has 19 heteroatoms. The van der Waals surface area contributed by atoms with E-state index < -0.39 is 97.5 Å². The van der Waals surface area contributed by atoms with E-state index in [1.807, 2.05) is 0 Å². The van der Waals surface area contributed by atoms with E-state index in [0.717, 1.165) is 120 Å². The zero-order valence-corrected chi connectivity index (χ0v) is 67.6. The molecular weight excluding hydrogens is 1310 g/mol. The molecular formula is C81H158O17P2. The maximum atomic E-state index is 13.1. The summed E-state index contributed by atoms with van der Waals surface area (Å²) in [5, 5.41) is 10.6. The molecule has 3 N–H and O–H groups in total. The lowest BCUT2D eigenvalue weighted by atomic mass is 9.99. The molecule has 0 spiro atoms. The molecule has 0 aromatic rings. The lowest BCUT2D eigenvalue weighted by Gasteiger charge is -2.21. The van der Waals surface area contributed by atoms with Gasteiger partial charge in [-0.3, -0.25) is 37.3 Å². The molecule has 0 saturated carbocycles. The number of aliphatic hydroxyl groups is 1. The average molecular weight is 1470 g/mol. The predicted molar refractivity (Wildman–Crippen MR) is 409 cm³/mol. The normalized spacial score (nSPS) is 14.6. The highest BCUT2D eigenvalue weighted by Gasteiger charge is 2.30. The number of carbonyl (C=O) groups excluding carboxylic acids is 4. The smallest absolute Gasteiger partial charge is 0.462 e.